The molecule has 0 aliphatic carbocycles. The van der Waals surface area contributed by atoms with Gasteiger partial charge in [0.05, 0.1) is 5.52 Å². The first kappa shape index (κ1) is 22.2. The van der Waals surface area contributed by atoms with Crippen LogP contribution in [0, 0.1) is 6.92 Å². The van der Waals surface area contributed by atoms with Gasteiger partial charge in [0, 0.05) is 18.0 Å². The van der Waals surface area contributed by atoms with E-state index in [0.717, 1.165) is 22.3 Å². The summed E-state index contributed by atoms with van der Waals surface area (Å²) in [4.78, 5) is 24.2. The van der Waals surface area contributed by atoms with E-state index in [-0.39, 0.29) is 12.3 Å². The van der Waals surface area contributed by atoms with E-state index in [2.05, 4.69) is 20.7 Å². The second kappa shape index (κ2) is 9.62. The smallest absolute Gasteiger partial charge is 0.332 e. The van der Waals surface area contributed by atoms with Crippen molar-refractivity contribution in [1.82, 2.24) is 20.7 Å². The van der Waals surface area contributed by atoms with Crippen molar-refractivity contribution in [2.24, 2.45) is 0 Å². The van der Waals surface area contributed by atoms with Gasteiger partial charge in [-0.25, -0.2) is 4.79 Å². The number of carboxylic acid groups (broad SMARTS) is 1. The molecule has 0 fully saturated rings. The average molecular weight is 444 g/mol. The predicted octanol–water partition coefficient (Wildman–Crippen LogP) is 3.11. The quantitative estimate of drug-likeness (QED) is 0.331. The van der Waals surface area contributed by atoms with Crippen LogP contribution in [0.1, 0.15) is 27.9 Å². The number of nitrogens with zero attached hydrogens (tertiary/aromatic N) is 2. The summed E-state index contributed by atoms with van der Waals surface area (Å²) in [6.07, 6.45) is -1.33. The van der Waals surface area contributed by atoms with E-state index < -0.39 is 18.1 Å². The van der Waals surface area contributed by atoms with Gasteiger partial charge in [-0.05, 0) is 47.7 Å². The molecule has 4 N–H and O–H groups in total. The summed E-state index contributed by atoms with van der Waals surface area (Å²) < 4.78 is 0. The third-order valence-corrected chi connectivity index (χ3v) is 5.55. The Labute approximate surface area is 190 Å². The summed E-state index contributed by atoms with van der Waals surface area (Å²) in [6, 6.07) is 20.6. The summed E-state index contributed by atoms with van der Waals surface area (Å²) in [6.45, 7) is 1.83. The Morgan fingerprint density at radius 1 is 1.03 bits per heavy atom. The van der Waals surface area contributed by atoms with Gasteiger partial charge in [0.2, 0.25) is 0 Å². The van der Waals surface area contributed by atoms with Crippen molar-refractivity contribution in [3.8, 4) is 11.1 Å². The fourth-order valence-corrected chi connectivity index (χ4v) is 3.84. The lowest BCUT2D eigenvalue weighted by atomic mass is 9.97. The molecule has 1 amide bonds. The van der Waals surface area contributed by atoms with E-state index in [1.165, 1.54) is 0 Å². The molecule has 0 aliphatic heterocycles. The van der Waals surface area contributed by atoms with Gasteiger partial charge >= 0.3 is 5.97 Å². The first-order valence-corrected chi connectivity index (χ1v) is 10.6. The molecule has 3 aromatic carbocycles. The number of aromatic nitrogens is 3. The number of nitrogens with one attached hydrogen (secondary N) is 2. The van der Waals surface area contributed by atoms with Crippen LogP contribution in [0.2, 0.25) is 0 Å². The molecule has 8 nitrogen and oxygen atoms in total. The zero-order chi connectivity index (χ0) is 23.4. The van der Waals surface area contributed by atoms with Crippen molar-refractivity contribution < 1.29 is 19.8 Å². The van der Waals surface area contributed by atoms with Crippen molar-refractivity contribution in [3.63, 3.8) is 0 Å². The zero-order valence-electron chi connectivity index (χ0n) is 18.0. The number of benzene rings is 3. The number of aliphatic carboxylic acids is 1. The molecule has 8 heteroatoms. The maximum absolute atomic E-state index is 13.0. The largest absolute Gasteiger partial charge is 0.479 e. The van der Waals surface area contributed by atoms with Gasteiger partial charge in [0.15, 0.2) is 6.10 Å². The number of fused-ring (bicyclic) bond motifs is 1. The number of rotatable bonds is 8. The molecule has 0 aliphatic rings. The molecule has 0 radical (unpaired) electrons. The molecule has 4 rings (SSSR count). The second-order valence-electron chi connectivity index (χ2n) is 8.03. The lowest BCUT2D eigenvalue weighted by Gasteiger charge is -2.21. The van der Waals surface area contributed by atoms with Crippen molar-refractivity contribution in [1.29, 1.82) is 0 Å². The number of carbonyl (C=O) groups excluding carboxylic acids is 1. The van der Waals surface area contributed by atoms with Crippen LogP contribution in [-0.2, 0) is 11.2 Å². The fraction of sp³-hybridized carbons (Fsp3) is 0.200. The van der Waals surface area contributed by atoms with E-state index in [1.54, 1.807) is 12.1 Å². The van der Waals surface area contributed by atoms with Crippen LogP contribution < -0.4 is 5.32 Å². The van der Waals surface area contributed by atoms with Crippen LogP contribution in [0.25, 0.3) is 22.2 Å². The van der Waals surface area contributed by atoms with Crippen LogP contribution in [-0.4, -0.2) is 49.6 Å². The predicted molar refractivity (Wildman–Crippen MR) is 124 cm³/mol. The topological polar surface area (TPSA) is 128 Å². The number of hydrogen-bond acceptors (Lipinski definition) is 5. The molecule has 1 heterocycles. The molecule has 0 saturated heterocycles. The van der Waals surface area contributed by atoms with Gasteiger partial charge in [-0.2, -0.15) is 0 Å². The number of H-pyrrole nitrogens is 1. The van der Waals surface area contributed by atoms with E-state index in [9.17, 15) is 14.7 Å². The van der Waals surface area contributed by atoms with Crippen molar-refractivity contribution in [3.05, 3.63) is 83.4 Å². The number of amides is 1. The Bertz CT molecular complexity index is 1270. The zero-order valence-corrected chi connectivity index (χ0v) is 18.0. The Hall–Kier alpha value is -4.04. The van der Waals surface area contributed by atoms with Gasteiger partial charge in [0.1, 0.15) is 5.52 Å². The highest BCUT2D eigenvalue weighted by Crippen LogP contribution is 2.21. The molecule has 0 saturated carbocycles. The summed E-state index contributed by atoms with van der Waals surface area (Å²) in [7, 11) is 0. The highest BCUT2D eigenvalue weighted by molar-refractivity contribution is 5.98. The molecule has 0 bridgehead atoms. The van der Waals surface area contributed by atoms with Gasteiger partial charge in [0.25, 0.3) is 5.91 Å². The Morgan fingerprint density at radius 2 is 1.73 bits per heavy atom. The summed E-state index contributed by atoms with van der Waals surface area (Å²) >= 11 is 0. The van der Waals surface area contributed by atoms with E-state index in [1.807, 2.05) is 61.5 Å². The van der Waals surface area contributed by atoms with E-state index in [0.29, 0.717) is 23.0 Å². The van der Waals surface area contributed by atoms with Crippen LogP contribution in [0.4, 0.5) is 0 Å². The SMILES string of the molecule is Cc1cc(C(=O)NC(Cc2ccc(-c3ccccc3)cc2)CC(O)C(=O)O)cc2[nH]nnc12. The second-order valence-corrected chi connectivity index (χ2v) is 8.03. The molecule has 168 valence electrons. The lowest BCUT2D eigenvalue weighted by molar-refractivity contribution is -0.147. The molecular weight excluding hydrogens is 420 g/mol. The van der Waals surface area contributed by atoms with Gasteiger partial charge in [-0.1, -0.05) is 59.8 Å². The summed E-state index contributed by atoms with van der Waals surface area (Å²) in [5.41, 5.74) is 5.59. The van der Waals surface area contributed by atoms with Gasteiger partial charge in [-0.3, -0.25) is 9.89 Å². The number of carboxylic acids is 1. The minimum absolute atomic E-state index is 0.117. The molecule has 2 atom stereocenters. The first-order chi connectivity index (χ1) is 15.9. The standard InChI is InChI=1S/C25H24N4O4/c1-15-11-19(13-21-23(15)28-29-27-21)24(31)26-20(14-22(30)25(32)33)12-16-7-9-18(10-8-16)17-5-3-2-4-6-17/h2-11,13,20,22,30H,12,14H2,1H3,(H,26,31)(H,32,33)(H,27,28,29). The third-order valence-electron chi connectivity index (χ3n) is 5.55. The van der Waals surface area contributed by atoms with Crippen molar-refractivity contribution in [2.75, 3.05) is 0 Å². The summed E-state index contributed by atoms with van der Waals surface area (Å²) in [5.74, 6) is -1.69. The molecule has 1 aromatic heterocycles. The average Bonchev–Trinajstić information content (AvgIpc) is 3.29. The highest BCUT2D eigenvalue weighted by atomic mass is 16.4. The fourth-order valence-electron chi connectivity index (χ4n) is 3.84. The van der Waals surface area contributed by atoms with Crippen molar-refractivity contribution >= 4 is 22.9 Å². The van der Waals surface area contributed by atoms with Crippen LogP contribution in [0.5, 0.6) is 0 Å². The van der Waals surface area contributed by atoms with Crippen LogP contribution in [0.15, 0.2) is 66.7 Å². The number of hydrogen-bond donors (Lipinski definition) is 4. The number of aryl methyl sites for hydroxylation is 1. The Balaban J connectivity index is 1.53. The normalized spacial score (nSPS) is 12.9. The van der Waals surface area contributed by atoms with Gasteiger partial charge < -0.3 is 15.5 Å². The van der Waals surface area contributed by atoms with Crippen molar-refractivity contribution in [2.45, 2.75) is 31.9 Å². The molecule has 33 heavy (non-hydrogen) atoms. The van der Waals surface area contributed by atoms with E-state index in [4.69, 9.17) is 5.11 Å². The minimum atomic E-state index is -1.58. The van der Waals surface area contributed by atoms with Crippen LogP contribution in [0.3, 0.4) is 0 Å². The third kappa shape index (κ3) is 5.24. The molecule has 2 unspecified atom stereocenters. The molecule has 0 spiro atoms. The minimum Gasteiger partial charge on any atom is -0.479 e. The Morgan fingerprint density at radius 3 is 2.42 bits per heavy atom. The molecular formula is C25H24N4O4. The monoisotopic (exact) mass is 444 g/mol. The van der Waals surface area contributed by atoms with Crippen LogP contribution >= 0.6 is 0 Å². The Kier molecular flexibility index (Phi) is 6.46. The first-order valence-electron chi connectivity index (χ1n) is 10.6. The highest BCUT2D eigenvalue weighted by Gasteiger charge is 2.23. The number of carbonyl (C=O) groups is 2. The maximum Gasteiger partial charge on any atom is 0.332 e. The van der Waals surface area contributed by atoms with Gasteiger partial charge in [-0.15, -0.1) is 5.10 Å². The number of aliphatic hydroxyl groups excluding tert-OH is 1. The number of aromatic amines is 1. The summed E-state index contributed by atoms with van der Waals surface area (Å²) in [5, 5.41) is 32.5. The molecule has 4 aromatic rings. The lowest BCUT2D eigenvalue weighted by Crippen LogP contribution is -2.40. The number of aliphatic hydroxyl groups is 1. The maximum atomic E-state index is 13.0. The van der Waals surface area contributed by atoms with E-state index >= 15 is 0 Å².